The number of amidine groups is 1. The van der Waals surface area contributed by atoms with Gasteiger partial charge in [0.1, 0.15) is 5.60 Å². The fourth-order valence-electron chi connectivity index (χ4n) is 3.06. The molecule has 0 aliphatic carbocycles. The van der Waals surface area contributed by atoms with E-state index in [9.17, 15) is 4.79 Å². The van der Waals surface area contributed by atoms with Crippen molar-refractivity contribution < 1.29 is 9.53 Å². The third kappa shape index (κ3) is 4.60. The molecule has 134 valence electrons. The predicted octanol–water partition coefficient (Wildman–Crippen LogP) is 4.19. The molecule has 0 aromatic heterocycles. The monoisotopic (exact) mass is 361 g/mol. The average molecular weight is 362 g/mol. The maximum absolute atomic E-state index is 12.1. The van der Waals surface area contributed by atoms with Crippen molar-refractivity contribution in [3.8, 4) is 0 Å². The molecule has 1 amide bonds. The molecule has 1 saturated heterocycles. The van der Waals surface area contributed by atoms with E-state index >= 15 is 0 Å². The van der Waals surface area contributed by atoms with Crippen LogP contribution < -0.4 is 0 Å². The highest BCUT2D eigenvalue weighted by Crippen LogP contribution is 2.24. The maximum atomic E-state index is 12.1. The Morgan fingerprint density at radius 2 is 1.84 bits per heavy atom. The molecule has 0 unspecified atom stereocenters. The highest BCUT2D eigenvalue weighted by atomic mass is 35.5. The summed E-state index contributed by atoms with van der Waals surface area (Å²) in [5.41, 5.74) is 1.66. The van der Waals surface area contributed by atoms with Crippen LogP contribution in [0.15, 0.2) is 34.3 Å². The van der Waals surface area contributed by atoms with Crippen LogP contribution in [0.4, 0.5) is 4.79 Å². The number of halogens is 1. The Morgan fingerprint density at radius 3 is 2.44 bits per heavy atom. The van der Waals surface area contributed by atoms with Gasteiger partial charge < -0.3 is 9.64 Å². The molecule has 25 heavy (non-hydrogen) atoms. The fourth-order valence-corrected chi connectivity index (χ4v) is 3.19. The number of piperidine rings is 1. The van der Waals surface area contributed by atoms with Gasteiger partial charge in [0.25, 0.3) is 0 Å². The van der Waals surface area contributed by atoms with Crippen LogP contribution in [0.1, 0.15) is 39.2 Å². The SMILES string of the molecule is CC(C)(C)OC(=O)N1CCC(C2=NC(c3ccc(Cl)cc3)=NC2)CC1. The van der Waals surface area contributed by atoms with Crippen LogP contribution in [-0.2, 0) is 4.74 Å². The first-order valence-corrected chi connectivity index (χ1v) is 9.05. The summed E-state index contributed by atoms with van der Waals surface area (Å²) in [4.78, 5) is 23.2. The van der Waals surface area contributed by atoms with Gasteiger partial charge in [-0.2, -0.15) is 0 Å². The molecule has 5 nitrogen and oxygen atoms in total. The number of hydrogen-bond acceptors (Lipinski definition) is 4. The van der Waals surface area contributed by atoms with Gasteiger partial charge in [-0.15, -0.1) is 0 Å². The lowest BCUT2D eigenvalue weighted by Crippen LogP contribution is -2.43. The first-order valence-electron chi connectivity index (χ1n) is 8.67. The van der Waals surface area contributed by atoms with Gasteiger partial charge in [-0.3, -0.25) is 4.99 Å². The lowest BCUT2D eigenvalue weighted by atomic mass is 9.92. The number of aliphatic imine (C=N–C) groups is 2. The summed E-state index contributed by atoms with van der Waals surface area (Å²) >= 11 is 5.93. The van der Waals surface area contributed by atoms with Gasteiger partial charge in [-0.1, -0.05) is 11.6 Å². The van der Waals surface area contributed by atoms with Crippen molar-refractivity contribution in [1.82, 2.24) is 4.90 Å². The predicted molar refractivity (Wildman–Crippen MR) is 101 cm³/mol. The molecule has 2 aliphatic rings. The Bertz CT molecular complexity index is 696. The van der Waals surface area contributed by atoms with Gasteiger partial charge in [0, 0.05) is 35.3 Å². The molecule has 2 heterocycles. The van der Waals surface area contributed by atoms with E-state index in [2.05, 4.69) is 4.99 Å². The highest BCUT2D eigenvalue weighted by Gasteiger charge is 2.30. The molecule has 6 heteroatoms. The number of benzene rings is 1. The topological polar surface area (TPSA) is 54.3 Å². The number of carbonyl (C=O) groups is 1. The molecule has 0 radical (unpaired) electrons. The molecule has 1 aromatic rings. The standard InChI is InChI=1S/C19H24ClN3O2/c1-19(2,3)25-18(24)23-10-8-13(9-11-23)16-12-21-17(22-16)14-4-6-15(20)7-5-14/h4-7,13H,8-12H2,1-3H3. The van der Waals surface area contributed by atoms with Crippen LogP contribution in [0.3, 0.4) is 0 Å². The summed E-state index contributed by atoms with van der Waals surface area (Å²) in [6.07, 6.45) is 1.58. The second kappa shape index (κ2) is 7.16. The smallest absolute Gasteiger partial charge is 0.410 e. The Morgan fingerprint density at radius 1 is 1.20 bits per heavy atom. The second-order valence-electron chi connectivity index (χ2n) is 7.49. The van der Waals surface area contributed by atoms with Crippen molar-refractivity contribution in [3.63, 3.8) is 0 Å². The van der Waals surface area contributed by atoms with Gasteiger partial charge in [-0.05, 0) is 57.9 Å². The third-order valence-corrected chi connectivity index (χ3v) is 4.61. The van der Waals surface area contributed by atoms with Gasteiger partial charge in [0.05, 0.1) is 6.54 Å². The van der Waals surface area contributed by atoms with Crippen LogP contribution in [0, 0.1) is 5.92 Å². The largest absolute Gasteiger partial charge is 0.444 e. The van der Waals surface area contributed by atoms with Crippen molar-refractivity contribution in [2.75, 3.05) is 19.6 Å². The normalized spacial score (nSPS) is 18.8. The zero-order chi connectivity index (χ0) is 18.0. The van der Waals surface area contributed by atoms with Crippen molar-refractivity contribution in [1.29, 1.82) is 0 Å². The Balaban J connectivity index is 1.56. The lowest BCUT2D eigenvalue weighted by molar-refractivity contribution is 0.0201. The molecule has 2 aliphatic heterocycles. The zero-order valence-corrected chi connectivity index (χ0v) is 15.7. The molecular weight excluding hydrogens is 338 g/mol. The Kier molecular flexibility index (Phi) is 5.13. The van der Waals surface area contributed by atoms with Crippen molar-refractivity contribution in [2.24, 2.45) is 15.9 Å². The lowest BCUT2D eigenvalue weighted by Gasteiger charge is -2.33. The summed E-state index contributed by atoms with van der Waals surface area (Å²) in [5.74, 6) is 1.16. The summed E-state index contributed by atoms with van der Waals surface area (Å²) in [6.45, 7) is 7.72. The fraction of sp³-hybridized carbons (Fsp3) is 0.526. The Hall–Kier alpha value is -1.88. The van der Waals surface area contributed by atoms with E-state index in [4.69, 9.17) is 21.3 Å². The summed E-state index contributed by atoms with van der Waals surface area (Å²) in [6, 6.07) is 7.59. The Labute approximate surface area is 153 Å². The molecule has 0 saturated carbocycles. The van der Waals surface area contributed by atoms with Gasteiger partial charge in [0.2, 0.25) is 0 Å². The number of hydrogen-bond donors (Lipinski definition) is 0. The van der Waals surface area contributed by atoms with E-state index in [1.807, 2.05) is 45.0 Å². The minimum atomic E-state index is -0.454. The molecule has 1 aromatic carbocycles. The number of likely N-dealkylation sites (tertiary alicyclic amines) is 1. The molecular formula is C19H24ClN3O2. The first kappa shape index (κ1) is 17.9. The maximum Gasteiger partial charge on any atom is 0.410 e. The minimum Gasteiger partial charge on any atom is -0.444 e. The van der Waals surface area contributed by atoms with E-state index in [1.165, 1.54) is 0 Å². The summed E-state index contributed by atoms with van der Waals surface area (Å²) in [7, 11) is 0. The number of amides is 1. The number of ether oxygens (including phenoxy) is 1. The van der Waals surface area contributed by atoms with Crippen molar-refractivity contribution in [3.05, 3.63) is 34.9 Å². The van der Waals surface area contributed by atoms with Crippen molar-refractivity contribution in [2.45, 2.75) is 39.2 Å². The minimum absolute atomic E-state index is 0.225. The third-order valence-electron chi connectivity index (χ3n) is 4.36. The van der Waals surface area contributed by atoms with E-state index in [0.717, 1.165) is 30.0 Å². The summed E-state index contributed by atoms with van der Waals surface area (Å²) in [5, 5.41) is 0.709. The molecule has 1 fully saturated rings. The van der Waals surface area contributed by atoms with Crippen LogP contribution in [0.25, 0.3) is 0 Å². The number of nitrogens with zero attached hydrogens (tertiary/aromatic N) is 3. The molecule has 3 rings (SSSR count). The molecule has 0 bridgehead atoms. The second-order valence-corrected chi connectivity index (χ2v) is 7.93. The molecule has 0 atom stereocenters. The number of carbonyl (C=O) groups excluding carboxylic acids is 1. The van der Waals surface area contributed by atoms with Crippen molar-refractivity contribution >= 4 is 29.2 Å². The van der Waals surface area contributed by atoms with Crippen LogP contribution in [0.2, 0.25) is 5.02 Å². The van der Waals surface area contributed by atoms with E-state index in [1.54, 1.807) is 4.90 Å². The van der Waals surface area contributed by atoms with E-state index in [-0.39, 0.29) is 6.09 Å². The van der Waals surface area contributed by atoms with Crippen LogP contribution in [0.5, 0.6) is 0 Å². The van der Waals surface area contributed by atoms with Crippen LogP contribution >= 0.6 is 11.6 Å². The summed E-state index contributed by atoms with van der Waals surface area (Å²) < 4.78 is 5.45. The first-order chi connectivity index (χ1) is 11.8. The van der Waals surface area contributed by atoms with E-state index < -0.39 is 5.60 Å². The molecule has 0 spiro atoms. The van der Waals surface area contributed by atoms with Gasteiger partial charge >= 0.3 is 6.09 Å². The number of rotatable bonds is 2. The average Bonchev–Trinajstić information content (AvgIpc) is 3.04. The van der Waals surface area contributed by atoms with Crippen LogP contribution in [-0.4, -0.2) is 47.8 Å². The van der Waals surface area contributed by atoms with E-state index in [0.29, 0.717) is 30.6 Å². The molecule has 0 N–H and O–H groups in total. The highest BCUT2D eigenvalue weighted by molar-refractivity contribution is 6.30. The zero-order valence-electron chi connectivity index (χ0n) is 15.0. The quantitative estimate of drug-likeness (QED) is 0.793. The van der Waals surface area contributed by atoms with Gasteiger partial charge in [0.15, 0.2) is 5.84 Å². The van der Waals surface area contributed by atoms with Gasteiger partial charge in [-0.25, -0.2) is 9.79 Å².